The van der Waals surface area contributed by atoms with E-state index < -0.39 is 12.1 Å². The van der Waals surface area contributed by atoms with E-state index in [2.05, 4.69) is 32.2 Å². The van der Waals surface area contributed by atoms with Crippen LogP contribution in [0.15, 0.2) is 18.2 Å². The van der Waals surface area contributed by atoms with Crippen molar-refractivity contribution in [1.82, 2.24) is 5.32 Å². The van der Waals surface area contributed by atoms with E-state index in [0.717, 1.165) is 24.2 Å². The number of nitrogens with one attached hydrogen (secondary N) is 1. The van der Waals surface area contributed by atoms with Crippen molar-refractivity contribution in [1.29, 1.82) is 0 Å². The van der Waals surface area contributed by atoms with Gasteiger partial charge in [0.15, 0.2) is 11.5 Å². The summed E-state index contributed by atoms with van der Waals surface area (Å²) in [7, 11) is 3.33. The Morgan fingerprint density at radius 1 is 1.05 bits per heavy atom. The van der Waals surface area contributed by atoms with E-state index in [1.165, 1.54) is 19.3 Å². The van der Waals surface area contributed by atoms with E-state index in [-0.39, 0.29) is 29.7 Å². The molecule has 0 unspecified atom stereocenters. The fraction of sp³-hybridized carbons (Fsp3) is 0.774. The van der Waals surface area contributed by atoms with E-state index in [1.54, 1.807) is 14.2 Å². The SMILES string of the molecule is COCCCOc1cc(C[C@@H](C[C@H](N)[C@@H](O)C[C@H](C(=O)N[C@H](C)C2CCC2)C(C)C)C(C)C)ccc1OC. The first kappa shape index (κ1) is 32.4. The van der Waals surface area contributed by atoms with Crippen molar-refractivity contribution in [3.05, 3.63) is 23.8 Å². The minimum absolute atomic E-state index is 0.0438. The van der Waals surface area contributed by atoms with Crippen LogP contribution in [0, 0.1) is 29.6 Å². The molecule has 4 N–H and O–H groups in total. The number of carbonyl (C=O) groups excluding carboxylic acids is 1. The zero-order valence-electron chi connectivity index (χ0n) is 24.9. The Morgan fingerprint density at radius 2 is 1.76 bits per heavy atom. The molecule has 0 spiro atoms. The van der Waals surface area contributed by atoms with Gasteiger partial charge in [-0.05, 0) is 80.4 Å². The van der Waals surface area contributed by atoms with Crippen LogP contribution in [-0.2, 0) is 16.0 Å². The van der Waals surface area contributed by atoms with Crippen LogP contribution in [0.25, 0.3) is 0 Å². The lowest BCUT2D eigenvalue weighted by atomic mass is 9.79. The van der Waals surface area contributed by atoms with Crippen molar-refractivity contribution < 1.29 is 24.1 Å². The van der Waals surface area contributed by atoms with Gasteiger partial charge in [0.05, 0.1) is 19.8 Å². The quantitative estimate of drug-likeness (QED) is 0.230. The van der Waals surface area contributed by atoms with Gasteiger partial charge >= 0.3 is 0 Å². The maximum atomic E-state index is 13.1. The minimum Gasteiger partial charge on any atom is -0.493 e. The Kier molecular flexibility index (Phi) is 13.9. The molecule has 1 fully saturated rings. The molecule has 7 nitrogen and oxygen atoms in total. The molecule has 218 valence electrons. The molecule has 2 rings (SSSR count). The number of hydrogen-bond acceptors (Lipinski definition) is 6. The molecule has 1 amide bonds. The van der Waals surface area contributed by atoms with Crippen molar-refractivity contribution in [2.75, 3.05) is 27.4 Å². The average molecular weight is 535 g/mol. The van der Waals surface area contributed by atoms with Crippen LogP contribution in [0.4, 0.5) is 0 Å². The van der Waals surface area contributed by atoms with Crippen LogP contribution < -0.4 is 20.5 Å². The lowest BCUT2D eigenvalue weighted by molar-refractivity contribution is -0.128. The van der Waals surface area contributed by atoms with E-state index in [9.17, 15) is 9.90 Å². The van der Waals surface area contributed by atoms with Gasteiger partial charge < -0.3 is 30.4 Å². The zero-order chi connectivity index (χ0) is 28.2. The molecule has 0 saturated heterocycles. The maximum absolute atomic E-state index is 13.1. The third-order valence-electron chi connectivity index (χ3n) is 8.35. The van der Waals surface area contributed by atoms with Gasteiger partial charge in [-0.15, -0.1) is 0 Å². The highest BCUT2D eigenvalue weighted by Gasteiger charge is 2.32. The van der Waals surface area contributed by atoms with Gasteiger partial charge in [0.25, 0.3) is 0 Å². The van der Waals surface area contributed by atoms with Crippen LogP contribution >= 0.6 is 0 Å². The first-order valence-electron chi connectivity index (χ1n) is 14.6. The minimum atomic E-state index is -0.732. The van der Waals surface area contributed by atoms with Gasteiger partial charge in [0.1, 0.15) is 0 Å². The second-order valence-corrected chi connectivity index (χ2v) is 11.9. The molecule has 1 aromatic carbocycles. The van der Waals surface area contributed by atoms with Gasteiger partial charge in [-0.2, -0.15) is 0 Å². The highest BCUT2D eigenvalue weighted by atomic mass is 16.5. The van der Waals surface area contributed by atoms with Gasteiger partial charge in [-0.1, -0.05) is 40.2 Å². The molecule has 1 aliphatic rings. The number of amides is 1. The first-order chi connectivity index (χ1) is 18.1. The molecule has 7 heteroatoms. The molecule has 38 heavy (non-hydrogen) atoms. The predicted molar refractivity (Wildman–Crippen MR) is 154 cm³/mol. The average Bonchev–Trinajstić information content (AvgIpc) is 2.83. The van der Waals surface area contributed by atoms with Gasteiger partial charge in [0.2, 0.25) is 5.91 Å². The van der Waals surface area contributed by atoms with Crippen LogP contribution in [0.3, 0.4) is 0 Å². The van der Waals surface area contributed by atoms with Crippen molar-refractivity contribution in [2.45, 2.75) is 97.8 Å². The number of ether oxygens (including phenoxy) is 3. The number of carbonyl (C=O) groups is 1. The van der Waals surface area contributed by atoms with Crippen LogP contribution in [0.1, 0.15) is 78.7 Å². The Labute approximate surface area is 231 Å². The van der Waals surface area contributed by atoms with Crippen molar-refractivity contribution in [3.8, 4) is 11.5 Å². The zero-order valence-corrected chi connectivity index (χ0v) is 24.9. The summed E-state index contributed by atoms with van der Waals surface area (Å²) in [4.78, 5) is 13.1. The highest BCUT2D eigenvalue weighted by Crippen LogP contribution is 2.32. The van der Waals surface area contributed by atoms with E-state index >= 15 is 0 Å². The van der Waals surface area contributed by atoms with Crippen molar-refractivity contribution >= 4 is 5.91 Å². The fourth-order valence-corrected chi connectivity index (χ4v) is 5.25. The number of aliphatic hydroxyl groups excluding tert-OH is 1. The topological polar surface area (TPSA) is 103 Å². The maximum Gasteiger partial charge on any atom is 0.223 e. The Bertz CT molecular complexity index is 826. The van der Waals surface area contributed by atoms with Crippen molar-refractivity contribution in [2.24, 2.45) is 35.3 Å². The van der Waals surface area contributed by atoms with Crippen LogP contribution in [0.2, 0.25) is 0 Å². The number of rotatable bonds is 18. The van der Waals surface area contributed by atoms with E-state index in [4.69, 9.17) is 19.9 Å². The van der Waals surface area contributed by atoms with Crippen LogP contribution in [-0.4, -0.2) is 56.6 Å². The monoisotopic (exact) mass is 534 g/mol. The predicted octanol–water partition coefficient (Wildman–Crippen LogP) is 4.97. The second-order valence-electron chi connectivity index (χ2n) is 11.9. The second kappa shape index (κ2) is 16.3. The summed E-state index contributed by atoms with van der Waals surface area (Å²) in [5.74, 6) is 2.61. The first-order valence-corrected chi connectivity index (χ1v) is 14.6. The molecule has 0 aliphatic heterocycles. The number of methoxy groups -OCH3 is 2. The summed E-state index contributed by atoms with van der Waals surface area (Å²) in [6.45, 7) is 11.8. The standard InChI is InChI=1S/C31H54N2O5/c1-20(2)25(16-23-12-13-29(37-7)30(17-23)38-15-9-14-36-6)18-27(32)28(34)19-26(21(3)4)31(35)33-22(5)24-10-8-11-24/h12-13,17,20-22,24-28,34H,8-11,14-16,18-19,32H2,1-7H3,(H,33,35)/t22-,25+,26+,27+,28+/m1/s1. The molecule has 0 aromatic heterocycles. The molecular weight excluding hydrogens is 480 g/mol. The van der Waals surface area contributed by atoms with Gasteiger partial charge in [-0.25, -0.2) is 0 Å². The molecule has 5 atom stereocenters. The number of aliphatic hydroxyl groups is 1. The van der Waals surface area contributed by atoms with Crippen molar-refractivity contribution in [3.63, 3.8) is 0 Å². The smallest absolute Gasteiger partial charge is 0.223 e. The van der Waals surface area contributed by atoms with Gasteiger partial charge in [0, 0.05) is 38.1 Å². The summed E-state index contributed by atoms with van der Waals surface area (Å²) < 4.78 is 16.6. The highest BCUT2D eigenvalue weighted by molar-refractivity contribution is 5.79. The summed E-state index contributed by atoms with van der Waals surface area (Å²) >= 11 is 0. The van der Waals surface area contributed by atoms with Crippen LogP contribution in [0.5, 0.6) is 11.5 Å². The number of nitrogens with two attached hydrogens (primary N) is 1. The van der Waals surface area contributed by atoms with E-state index in [0.29, 0.717) is 43.6 Å². The largest absolute Gasteiger partial charge is 0.493 e. The third-order valence-corrected chi connectivity index (χ3v) is 8.35. The number of hydrogen-bond donors (Lipinski definition) is 3. The number of benzene rings is 1. The molecule has 0 radical (unpaired) electrons. The fourth-order valence-electron chi connectivity index (χ4n) is 5.25. The lowest BCUT2D eigenvalue weighted by Crippen LogP contribution is -2.47. The van der Waals surface area contributed by atoms with E-state index in [1.807, 2.05) is 26.0 Å². The normalized spacial score (nSPS) is 18.0. The Morgan fingerprint density at radius 3 is 2.32 bits per heavy atom. The molecule has 1 aromatic rings. The lowest BCUT2D eigenvalue weighted by Gasteiger charge is -2.34. The summed E-state index contributed by atoms with van der Waals surface area (Å²) in [6.07, 6.45) is 5.59. The molecule has 0 heterocycles. The molecule has 1 saturated carbocycles. The third kappa shape index (κ3) is 10.0. The Hall–Kier alpha value is -1.83. The Balaban J connectivity index is 2.00. The van der Waals surface area contributed by atoms with Gasteiger partial charge in [-0.3, -0.25) is 4.79 Å². The summed E-state index contributed by atoms with van der Waals surface area (Å²) in [5.41, 5.74) is 7.72. The molecule has 1 aliphatic carbocycles. The molecule has 0 bridgehead atoms. The summed E-state index contributed by atoms with van der Waals surface area (Å²) in [5, 5.41) is 14.3. The summed E-state index contributed by atoms with van der Waals surface area (Å²) in [6, 6.07) is 5.85. The molecular formula is C31H54N2O5.